The number of aromatic hydroxyl groups is 1. The number of amides is 8. The van der Waals surface area contributed by atoms with Crippen molar-refractivity contribution < 1.29 is 48.6 Å². The molecule has 420 valence electrons. The van der Waals surface area contributed by atoms with E-state index in [-0.39, 0.29) is 61.8 Å². The Morgan fingerprint density at radius 1 is 0.740 bits per heavy atom. The topological polar surface area (TPSA) is 371 Å². The van der Waals surface area contributed by atoms with E-state index in [1.54, 1.807) is 25.3 Å². The molecule has 3 heterocycles. The van der Waals surface area contributed by atoms with Gasteiger partial charge in [-0.15, -0.1) is 11.3 Å². The number of para-hydroxylation sites is 1. The number of carbonyl (C=O) groups excluding carboxylic acids is 8. The molecule has 0 fully saturated rings. The van der Waals surface area contributed by atoms with Crippen molar-refractivity contribution in [3.63, 3.8) is 0 Å². The number of H-pyrrole nitrogens is 1. The fraction of sp³-hybridized carbons (Fsp3) is 0.510. The lowest BCUT2D eigenvalue weighted by molar-refractivity contribution is -0.135. The van der Waals surface area contributed by atoms with Crippen molar-refractivity contribution in [2.45, 2.75) is 126 Å². The standard InChI is InChI=1S/C51H73N13O10S3/c1-3-33(45(69)61-40(27-76)50(74)63-43(28(2)65)44(53)68)57-46(70)36(11-6-7-19-52)58-48(72)38(24-30-25-55-34-10-5-4-9-32(30)34)60-47(71)37(23-29-13-15-31(66)16-14-29)59-49(73)39(26-75)56-42(67)12-8-20-64-21-17-35-41(18-22-64)77-51(54)62-35/h4-5,9-10,13-16,25,28,33,36-40,43,55,65-66,75-76H,3,6-8,11-12,17-24,26-27,52H2,1-2H3,(H2,53,68)(H2,54,62)(H,56,67)(H,57,70)(H,58,72)(H,59,73)(H,60,71)(H,61,69)(H,63,74)/t28-,33+,36+,37+,38-,39+,40+,43+/m1/s1. The minimum absolute atomic E-state index is 0.0319. The molecule has 0 saturated heterocycles. The number of rotatable bonds is 30. The van der Waals surface area contributed by atoms with Crippen molar-refractivity contribution in [3.05, 3.63) is 76.4 Å². The molecule has 0 unspecified atom stereocenters. The second-order valence-electron chi connectivity index (χ2n) is 18.9. The zero-order chi connectivity index (χ0) is 56.2. The maximum atomic E-state index is 14.7. The van der Waals surface area contributed by atoms with Crippen molar-refractivity contribution >= 4 is 99.9 Å². The molecule has 2 aromatic heterocycles. The first-order valence-corrected chi connectivity index (χ1v) is 27.7. The molecule has 0 spiro atoms. The Morgan fingerprint density at radius 2 is 1.31 bits per heavy atom. The van der Waals surface area contributed by atoms with Crippen LogP contribution in [0.3, 0.4) is 0 Å². The minimum Gasteiger partial charge on any atom is -0.508 e. The number of nitrogens with zero attached hydrogens (tertiary/aromatic N) is 2. The van der Waals surface area contributed by atoms with Gasteiger partial charge in [-0.3, -0.25) is 38.4 Å². The molecule has 1 aliphatic heterocycles. The highest BCUT2D eigenvalue weighted by Crippen LogP contribution is 2.25. The van der Waals surface area contributed by atoms with E-state index in [1.165, 1.54) is 35.3 Å². The number of hydrogen-bond acceptors (Lipinski definition) is 17. The van der Waals surface area contributed by atoms with E-state index in [9.17, 15) is 48.6 Å². The summed E-state index contributed by atoms with van der Waals surface area (Å²) in [5, 5.41) is 39.8. The van der Waals surface area contributed by atoms with Crippen LogP contribution in [0.15, 0.2) is 54.7 Å². The van der Waals surface area contributed by atoms with Crippen molar-refractivity contribution in [3.8, 4) is 5.75 Å². The zero-order valence-corrected chi connectivity index (χ0v) is 45.8. The van der Waals surface area contributed by atoms with Gasteiger partial charge in [0.2, 0.25) is 47.3 Å². The number of aliphatic hydroxyl groups is 1. The third-order valence-electron chi connectivity index (χ3n) is 13.1. The van der Waals surface area contributed by atoms with E-state index in [0.717, 1.165) is 42.5 Å². The van der Waals surface area contributed by atoms with Crippen LogP contribution in [0.4, 0.5) is 5.13 Å². The Bertz CT molecular complexity index is 2630. The van der Waals surface area contributed by atoms with E-state index in [1.807, 2.05) is 24.3 Å². The van der Waals surface area contributed by atoms with Gasteiger partial charge in [0.1, 0.15) is 48.0 Å². The largest absolute Gasteiger partial charge is 0.508 e. The van der Waals surface area contributed by atoms with Crippen LogP contribution in [0, 0.1) is 0 Å². The summed E-state index contributed by atoms with van der Waals surface area (Å²) >= 11 is 10.0. The van der Waals surface area contributed by atoms with E-state index < -0.39 is 89.7 Å². The Hall–Kier alpha value is -6.45. The average molecular weight is 1120 g/mol. The molecule has 1 aliphatic rings. The molecular weight excluding hydrogens is 1050 g/mol. The molecule has 0 aliphatic carbocycles. The summed E-state index contributed by atoms with van der Waals surface area (Å²) in [6.45, 7) is 5.37. The highest BCUT2D eigenvalue weighted by Gasteiger charge is 2.35. The molecule has 5 rings (SSSR count). The quantitative estimate of drug-likeness (QED) is 0.0226. The van der Waals surface area contributed by atoms with Crippen LogP contribution < -0.4 is 54.4 Å². The van der Waals surface area contributed by atoms with E-state index >= 15 is 0 Å². The Kier molecular flexibility index (Phi) is 24.3. The van der Waals surface area contributed by atoms with Gasteiger partial charge in [0, 0.05) is 72.3 Å². The Morgan fingerprint density at radius 3 is 1.96 bits per heavy atom. The molecule has 26 heteroatoms. The predicted octanol–water partition coefficient (Wildman–Crippen LogP) is -0.763. The highest BCUT2D eigenvalue weighted by atomic mass is 32.1. The lowest BCUT2D eigenvalue weighted by atomic mass is 10.0. The zero-order valence-electron chi connectivity index (χ0n) is 43.2. The van der Waals surface area contributed by atoms with Crippen LogP contribution >= 0.6 is 36.6 Å². The molecular formula is C51H73N13O10S3. The predicted molar refractivity (Wildman–Crippen MR) is 299 cm³/mol. The number of nitrogen functional groups attached to an aromatic ring is 1. The fourth-order valence-electron chi connectivity index (χ4n) is 8.74. The summed E-state index contributed by atoms with van der Waals surface area (Å²) < 4.78 is 0. The van der Waals surface area contributed by atoms with Gasteiger partial charge in [-0.25, -0.2) is 4.98 Å². The van der Waals surface area contributed by atoms with E-state index in [2.05, 4.69) is 77.3 Å². The normalized spacial score (nSPS) is 15.7. The van der Waals surface area contributed by atoms with E-state index in [0.29, 0.717) is 42.1 Å². The van der Waals surface area contributed by atoms with Gasteiger partial charge in [-0.2, -0.15) is 25.3 Å². The third-order valence-corrected chi connectivity index (χ3v) is 14.8. The van der Waals surface area contributed by atoms with Crippen LogP contribution in [-0.4, -0.2) is 158 Å². The summed E-state index contributed by atoms with van der Waals surface area (Å²) in [4.78, 5) is 120. The number of aliphatic hydroxyl groups excluding tert-OH is 1. The maximum Gasteiger partial charge on any atom is 0.244 e. The average Bonchev–Trinajstić information content (AvgIpc) is 3.94. The second kappa shape index (κ2) is 30.5. The highest BCUT2D eigenvalue weighted by molar-refractivity contribution is 7.80. The number of phenols is 1. The number of thiazole rings is 1. The molecule has 0 saturated carbocycles. The van der Waals surface area contributed by atoms with Crippen LogP contribution in [0.25, 0.3) is 10.9 Å². The van der Waals surface area contributed by atoms with Crippen LogP contribution in [0.2, 0.25) is 0 Å². The number of benzene rings is 2. The summed E-state index contributed by atoms with van der Waals surface area (Å²) in [6, 6.07) is 4.19. The molecule has 4 aromatic rings. The number of primary amides is 1. The number of aromatic nitrogens is 2. The van der Waals surface area contributed by atoms with Crippen LogP contribution in [0.5, 0.6) is 5.75 Å². The van der Waals surface area contributed by atoms with Crippen LogP contribution in [0.1, 0.15) is 74.1 Å². The SMILES string of the molecule is CC[C@H](NC(=O)[C@H](CCCCN)NC(=O)[C@@H](Cc1c[nH]c2ccccc12)NC(=O)[C@H](Cc1ccc(O)cc1)NC(=O)[C@H](CS)NC(=O)CCCN1CCc2nc(N)sc2CC1)C(=O)N[C@@H](CS)C(=O)N[C@H](C(N)=O)[C@@H](C)O. The fourth-order valence-corrected chi connectivity index (χ4v) is 10.1. The number of thiol groups is 2. The van der Waals surface area contributed by atoms with E-state index in [4.69, 9.17) is 17.2 Å². The third kappa shape index (κ3) is 18.6. The van der Waals surface area contributed by atoms with Gasteiger partial charge in [-0.05, 0) is 87.9 Å². The summed E-state index contributed by atoms with van der Waals surface area (Å²) in [5.41, 5.74) is 20.0. The molecule has 8 amide bonds. The lowest BCUT2D eigenvalue weighted by Crippen LogP contribution is -2.61. The smallest absolute Gasteiger partial charge is 0.244 e. The molecule has 2 aromatic carbocycles. The monoisotopic (exact) mass is 1120 g/mol. The second-order valence-corrected chi connectivity index (χ2v) is 20.8. The lowest BCUT2D eigenvalue weighted by Gasteiger charge is -2.28. The molecule has 23 nitrogen and oxygen atoms in total. The van der Waals surface area contributed by atoms with Gasteiger partial charge in [0.05, 0.1) is 11.8 Å². The number of nitrogens with two attached hydrogens (primary N) is 3. The van der Waals surface area contributed by atoms with Crippen molar-refractivity contribution in [2.75, 3.05) is 43.4 Å². The number of unbranched alkanes of at least 4 members (excludes halogenated alkanes) is 1. The first-order valence-electron chi connectivity index (χ1n) is 25.6. The summed E-state index contributed by atoms with van der Waals surface area (Å²) in [6.07, 6.45) is 3.33. The van der Waals surface area contributed by atoms with Crippen molar-refractivity contribution in [2.24, 2.45) is 11.5 Å². The number of anilines is 1. The number of phenolic OH excluding ortho intramolecular Hbond substituents is 1. The maximum absolute atomic E-state index is 14.7. The number of nitrogens with one attached hydrogen (secondary N) is 8. The number of aromatic amines is 1. The van der Waals surface area contributed by atoms with Crippen molar-refractivity contribution in [1.29, 1.82) is 0 Å². The minimum atomic E-state index is -1.45. The molecule has 8 atom stereocenters. The van der Waals surface area contributed by atoms with Gasteiger partial charge >= 0.3 is 0 Å². The number of hydrogen-bond donors (Lipinski definition) is 15. The first kappa shape index (κ1) is 61.4. The molecule has 77 heavy (non-hydrogen) atoms. The first-order chi connectivity index (χ1) is 36.8. The number of fused-ring (bicyclic) bond motifs is 2. The Labute approximate surface area is 462 Å². The summed E-state index contributed by atoms with van der Waals surface area (Å²) in [7, 11) is 0. The number of carbonyl (C=O) groups is 8. The molecule has 16 N–H and O–H groups in total. The van der Waals surface area contributed by atoms with Gasteiger partial charge < -0.3 is 74.5 Å². The molecule has 0 bridgehead atoms. The Balaban J connectivity index is 1.32. The van der Waals surface area contributed by atoms with Crippen LogP contribution in [-0.2, 0) is 64.0 Å². The van der Waals surface area contributed by atoms with Crippen molar-refractivity contribution in [1.82, 2.24) is 52.1 Å². The van der Waals surface area contributed by atoms with Gasteiger partial charge in [0.25, 0.3) is 0 Å². The van der Waals surface area contributed by atoms with Gasteiger partial charge in [0.15, 0.2) is 5.13 Å². The molecule has 0 radical (unpaired) electrons. The van der Waals surface area contributed by atoms with Gasteiger partial charge in [-0.1, -0.05) is 37.3 Å². The summed E-state index contributed by atoms with van der Waals surface area (Å²) in [5.74, 6) is -6.44.